The van der Waals surface area contributed by atoms with Crippen molar-refractivity contribution < 1.29 is 9.59 Å². The van der Waals surface area contributed by atoms with Crippen LogP contribution < -0.4 is 10.6 Å². The highest BCUT2D eigenvalue weighted by Gasteiger charge is 1.97. The highest BCUT2D eigenvalue weighted by Crippen LogP contribution is 2.01. The minimum absolute atomic E-state index is 0.0440. The van der Waals surface area contributed by atoms with Gasteiger partial charge in [-0.2, -0.15) is 0 Å². The highest BCUT2D eigenvalue weighted by molar-refractivity contribution is 9.09. The quantitative estimate of drug-likeness (QED) is 0.455. The number of unbranched alkanes of at least 4 members (excludes halogenated alkanes) is 4. The molecule has 0 aliphatic rings. The van der Waals surface area contributed by atoms with Crippen LogP contribution in [0.3, 0.4) is 0 Å². The SMILES string of the molecule is O=C(CBr)NCCCCCCCNC(=O)CBr. The van der Waals surface area contributed by atoms with Gasteiger partial charge in [0.2, 0.25) is 11.8 Å². The van der Waals surface area contributed by atoms with E-state index in [0.29, 0.717) is 10.7 Å². The van der Waals surface area contributed by atoms with E-state index in [0.717, 1.165) is 45.2 Å². The van der Waals surface area contributed by atoms with E-state index < -0.39 is 0 Å². The van der Waals surface area contributed by atoms with E-state index >= 15 is 0 Å². The van der Waals surface area contributed by atoms with Gasteiger partial charge in [0.1, 0.15) is 0 Å². The normalized spacial score (nSPS) is 10.0. The van der Waals surface area contributed by atoms with E-state index in [1.165, 1.54) is 0 Å². The molecule has 100 valence electrons. The van der Waals surface area contributed by atoms with Gasteiger partial charge in [-0.15, -0.1) is 0 Å². The first-order valence-electron chi connectivity index (χ1n) is 5.86. The summed E-state index contributed by atoms with van der Waals surface area (Å²) in [6.45, 7) is 1.51. The van der Waals surface area contributed by atoms with Gasteiger partial charge < -0.3 is 10.6 Å². The van der Waals surface area contributed by atoms with Crippen LogP contribution in [0.1, 0.15) is 32.1 Å². The largest absolute Gasteiger partial charge is 0.355 e. The molecule has 2 N–H and O–H groups in total. The molecule has 0 aliphatic heterocycles. The summed E-state index contributed by atoms with van der Waals surface area (Å²) in [6.07, 6.45) is 5.43. The van der Waals surface area contributed by atoms with Crippen molar-refractivity contribution in [3.63, 3.8) is 0 Å². The van der Waals surface area contributed by atoms with E-state index in [2.05, 4.69) is 42.5 Å². The van der Waals surface area contributed by atoms with Crippen LogP contribution in [0.2, 0.25) is 0 Å². The Bertz CT molecular complexity index is 204. The first-order chi connectivity index (χ1) is 8.20. The summed E-state index contributed by atoms with van der Waals surface area (Å²) in [5.41, 5.74) is 0. The molecule has 0 unspecified atom stereocenters. The number of carbonyl (C=O) groups excluding carboxylic acids is 2. The number of alkyl halides is 2. The lowest BCUT2D eigenvalue weighted by molar-refractivity contribution is -0.119. The zero-order valence-electron chi connectivity index (χ0n) is 9.94. The molecule has 0 atom stereocenters. The Morgan fingerprint density at radius 1 is 0.706 bits per heavy atom. The number of rotatable bonds is 10. The fourth-order valence-corrected chi connectivity index (χ4v) is 1.73. The van der Waals surface area contributed by atoms with Crippen molar-refractivity contribution in [3.05, 3.63) is 0 Å². The smallest absolute Gasteiger partial charge is 0.230 e. The molecule has 0 fully saturated rings. The predicted octanol–water partition coefficient (Wildman–Crippen LogP) is 1.96. The van der Waals surface area contributed by atoms with E-state index in [-0.39, 0.29) is 11.8 Å². The summed E-state index contributed by atoms with van der Waals surface area (Å²) < 4.78 is 0. The Morgan fingerprint density at radius 2 is 1.06 bits per heavy atom. The van der Waals surface area contributed by atoms with Crippen molar-refractivity contribution in [2.45, 2.75) is 32.1 Å². The fourth-order valence-electron chi connectivity index (χ4n) is 1.33. The monoisotopic (exact) mass is 370 g/mol. The van der Waals surface area contributed by atoms with Gasteiger partial charge in [0.05, 0.1) is 10.7 Å². The van der Waals surface area contributed by atoms with Gasteiger partial charge >= 0.3 is 0 Å². The van der Waals surface area contributed by atoms with Gasteiger partial charge in [-0.25, -0.2) is 0 Å². The molecule has 0 aromatic heterocycles. The fraction of sp³-hybridized carbons (Fsp3) is 0.818. The summed E-state index contributed by atoms with van der Waals surface area (Å²) in [4.78, 5) is 21.8. The molecule has 0 bridgehead atoms. The Morgan fingerprint density at radius 3 is 1.41 bits per heavy atom. The van der Waals surface area contributed by atoms with Crippen molar-refractivity contribution in [1.82, 2.24) is 10.6 Å². The molecule has 17 heavy (non-hydrogen) atoms. The Labute approximate surface area is 120 Å². The molecule has 0 spiro atoms. The van der Waals surface area contributed by atoms with Crippen LogP contribution in [-0.4, -0.2) is 35.6 Å². The molecule has 4 nitrogen and oxygen atoms in total. The molecule has 0 aromatic carbocycles. The third-order valence-corrected chi connectivity index (χ3v) is 3.26. The number of amides is 2. The van der Waals surface area contributed by atoms with Gasteiger partial charge in [0.15, 0.2) is 0 Å². The standard InChI is InChI=1S/C11H20Br2N2O2/c12-8-10(16)14-6-4-2-1-3-5-7-15-11(17)9-13/h1-9H2,(H,14,16)(H,15,17). The summed E-state index contributed by atoms with van der Waals surface area (Å²) in [7, 11) is 0. The second-order valence-electron chi connectivity index (χ2n) is 3.73. The number of halogens is 2. The van der Waals surface area contributed by atoms with Crippen LogP contribution >= 0.6 is 31.9 Å². The molecule has 2 amide bonds. The maximum absolute atomic E-state index is 10.9. The van der Waals surface area contributed by atoms with Crippen molar-refractivity contribution >= 4 is 43.7 Å². The minimum Gasteiger partial charge on any atom is -0.355 e. The Kier molecular flexibility index (Phi) is 12.3. The molecule has 0 aliphatic carbocycles. The second-order valence-corrected chi connectivity index (χ2v) is 4.86. The molecule has 0 saturated carbocycles. The van der Waals surface area contributed by atoms with Gasteiger partial charge in [-0.1, -0.05) is 51.1 Å². The Hall–Kier alpha value is -0.100. The average Bonchev–Trinajstić information content (AvgIpc) is 2.35. The second kappa shape index (κ2) is 12.4. The van der Waals surface area contributed by atoms with E-state index in [1.54, 1.807) is 0 Å². The summed E-state index contributed by atoms with van der Waals surface area (Å²) in [6, 6.07) is 0. The lowest BCUT2D eigenvalue weighted by Crippen LogP contribution is -2.25. The molecule has 0 aromatic rings. The van der Waals surface area contributed by atoms with Crippen molar-refractivity contribution in [1.29, 1.82) is 0 Å². The van der Waals surface area contributed by atoms with Gasteiger partial charge in [0.25, 0.3) is 0 Å². The lowest BCUT2D eigenvalue weighted by Gasteiger charge is -2.04. The molecule has 0 rings (SSSR count). The van der Waals surface area contributed by atoms with Crippen LogP contribution in [0.25, 0.3) is 0 Å². The van der Waals surface area contributed by atoms with Crippen LogP contribution in [-0.2, 0) is 9.59 Å². The van der Waals surface area contributed by atoms with Crippen LogP contribution in [0.15, 0.2) is 0 Å². The van der Waals surface area contributed by atoms with Gasteiger partial charge in [-0.3, -0.25) is 9.59 Å². The summed E-state index contributed by atoms with van der Waals surface area (Å²) >= 11 is 6.19. The average molecular weight is 372 g/mol. The summed E-state index contributed by atoms with van der Waals surface area (Å²) in [5, 5.41) is 6.37. The predicted molar refractivity (Wildman–Crippen MR) is 76.7 cm³/mol. The van der Waals surface area contributed by atoms with Crippen LogP contribution in [0.5, 0.6) is 0 Å². The van der Waals surface area contributed by atoms with E-state index in [4.69, 9.17) is 0 Å². The zero-order chi connectivity index (χ0) is 12.9. The van der Waals surface area contributed by atoms with E-state index in [1.807, 2.05) is 0 Å². The zero-order valence-corrected chi connectivity index (χ0v) is 13.1. The van der Waals surface area contributed by atoms with E-state index in [9.17, 15) is 9.59 Å². The molecule has 0 radical (unpaired) electrons. The first-order valence-corrected chi connectivity index (χ1v) is 8.10. The van der Waals surface area contributed by atoms with Crippen LogP contribution in [0, 0.1) is 0 Å². The Balaban J connectivity index is 3.08. The lowest BCUT2D eigenvalue weighted by atomic mass is 10.1. The molecule has 6 heteroatoms. The molecule has 0 heterocycles. The molecule has 0 saturated heterocycles. The van der Waals surface area contributed by atoms with Crippen molar-refractivity contribution in [2.75, 3.05) is 23.7 Å². The van der Waals surface area contributed by atoms with Gasteiger partial charge in [0, 0.05) is 13.1 Å². The van der Waals surface area contributed by atoms with Crippen molar-refractivity contribution in [2.24, 2.45) is 0 Å². The third kappa shape index (κ3) is 12.2. The number of hydrogen-bond donors (Lipinski definition) is 2. The van der Waals surface area contributed by atoms with Gasteiger partial charge in [-0.05, 0) is 12.8 Å². The number of carbonyl (C=O) groups is 2. The maximum Gasteiger partial charge on any atom is 0.230 e. The minimum atomic E-state index is 0.0440. The summed E-state index contributed by atoms with van der Waals surface area (Å²) in [5.74, 6) is 0.0879. The molecular weight excluding hydrogens is 352 g/mol. The maximum atomic E-state index is 10.9. The third-order valence-electron chi connectivity index (χ3n) is 2.24. The number of nitrogens with one attached hydrogen (secondary N) is 2. The van der Waals surface area contributed by atoms with Crippen LogP contribution in [0.4, 0.5) is 0 Å². The topological polar surface area (TPSA) is 58.2 Å². The molecular formula is C11H20Br2N2O2. The van der Waals surface area contributed by atoms with Crippen molar-refractivity contribution in [3.8, 4) is 0 Å². The number of hydrogen-bond acceptors (Lipinski definition) is 2. The first kappa shape index (κ1) is 16.9. The highest BCUT2D eigenvalue weighted by atomic mass is 79.9.